The van der Waals surface area contributed by atoms with Crippen LogP contribution in [0.4, 0.5) is 10.1 Å². The van der Waals surface area contributed by atoms with E-state index in [0.717, 1.165) is 0 Å². The molecule has 0 aliphatic heterocycles. The Morgan fingerprint density at radius 3 is 2.47 bits per heavy atom. The third-order valence-corrected chi connectivity index (χ3v) is 2.79. The van der Waals surface area contributed by atoms with E-state index in [4.69, 9.17) is 22.6 Å². The number of hydrogen-bond donors (Lipinski definition) is 1. The standard InChI is InChI=1S/C13H8ClFN2/c14-11-4-2-1-3-9(11)10-6-5-8(7-16)12(15)13(10)17/h1-6H,17H2. The van der Waals surface area contributed by atoms with Gasteiger partial charge in [0.2, 0.25) is 0 Å². The molecule has 0 aliphatic rings. The first-order valence-electron chi connectivity index (χ1n) is 4.88. The molecule has 0 saturated carbocycles. The Morgan fingerprint density at radius 1 is 1.12 bits per heavy atom. The lowest BCUT2D eigenvalue weighted by Gasteiger charge is -2.09. The summed E-state index contributed by atoms with van der Waals surface area (Å²) in [5.41, 5.74) is 6.69. The van der Waals surface area contributed by atoms with E-state index in [0.29, 0.717) is 16.1 Å². The molecule has 0 aromatic heterocycles. The highest BCUT2D eigenvalue weighted by Gasteiger charge is 2.13. The van der Waals surface area contributed by atoms with Crippen LogP contribution >= 0.6 is 11.6 Å². The summed E-state index contributed by atoms with van der Waals surface area (Å²) in [4.78, 5) is 0. The van der Waals surface area contributed by atoms with Gasteiger partial charge in [0.05, 0.1) is 11.3 Å². The lowest BCUT2D eigenvalue weighted by Crippen LogP contribution is -1.97. The van der Waals surface area contributed by atoms with Crippen LogP contribution in [0.15, 0.2) is 36.4 Å². The smallest absolute Gasteiger partial charge is 0.164 e. The van der Waals surface area contributed by atoms with Crippen LogP contribution in [0.25, 0.3) is 11.1 Å². The third kappa shape index (κ3) is 1.95. The van der Waals surface area contributed by atoms with Crippen LogP contribution in [0.1, 0.15) is 5.56 Å². The van der Waals surface area contributed by atoms with Crippen molar-refractivity contribution in [1.29, 1.82) is 5.26 Å². The van der Waals surface area contributed by atoms with Crippen LogP contribution in [0, 0.1) is 17.1 Å². The van der Waals surface area contributed by atoms with Crippen LogP contribution < -0.4 is 5.73 Å². The molecule has 0 heterocycles. The summed E-state index contributed by atoms with van der Waals surface area (Å²) in [5, 5.41) is 9.18. The maximum atomic E-state index is 13.7. The fraction of sp³-hybridized carbons (Fsp3) is 0. The first-order chi connectivity index (χ1) is 8.15. The second kappa shape index (κ2) is 4.44. The topological polar surface area (TPSA) is 49.8 Å². The molecule has 0 unspecified atom stereocenters. The van der Waals surface area contributed by atoms with Crippen LogP contribution in [-0.4, -0.2) is 0 Å². The Balaban J connectivity index is 2.67. The molecule has 0 aliphatic carbocycles. The monoisotopic (exact) mass is 246 g/mol. The Bertz CT molecular complexity index is 617. The Labute approximate surface area is 103 Å². The van der Waals surface area contributed by atoms with E-state index >= 15 is 0 Å². The number of nitrogen functional groups attached to an aromatic ring is 1. The van der Waals surface area contributed by atoms with E-state index < -0.39 is 5.82 Å². The zero-order valence-corrected chi connectivity index (χ0v) is 9.50. The SMILES string of the molecule is N#Cc1ccc(-c2ccccc2Cl)c(N)c1F. The molecule has 0 fully saturated rings. The molecule has 17 heavy (non-hydrogen) atoms. The molecule has 4 heteroatoms. The molecule has 0 bridgehead atoms. The molecule has 2 rings (SSSR count). The van der Waals surface area contributed by atoms with Crippen molar-refractivity contribution in [2.45, 2.75) is 0 Å². The summed E-state index contributed by atoms with van der Waals surface area (Å²) < 4.78 is 13.7. The van der Waals surface area contributed by atoms with Gasteiger partial charge in [-0.05, 0) is 12.1 Å². The van der Waals surface area contributed by atoms with Gasteiger partial charge in [-0.25, -0.2) is 4.39 Å². The minimum absolute atomic E-state index is 0.0582. The van der Waals surface area contributed by atoms with Crippen molar-refractivity contribution in [3.05, 3.63) is 52.8 Å². The summed E-state index contributed by atoms with van der Waals surface area (Å²) >= 11 is 6.01. The van der Waals surface area contributed by atoms with E-state index in [1.165, 1.54) is 6.07 Å². The number of halogens is 2. The molecule has 0 amide bonds. The van der Waals surface area contributed by atoms with Crippen molar-refractivity contribution in [3.8, 4) is 17.2 Å². The van der Waals surface area contributed by atoms with Crippen molar-refractivity contribution >= 4 is 17.3 Å². The number of anilines is 1. The lowest BCUT2D eigenvalue weighted by atomic mass is 10.0. The van der Waals surface area contributed by atoms with Gasteiger partial charge < -0.3 is 5.73 Å². The van der Waals surface area contributed by atoms with Crippen LogP contribution in [0.2, 0.25) is 5.02 Å². The highest BCUT2D eigenvalue weighted by atomic mass is 35.5. The van der Waals surface area contributed by atoms with E-state index in [1.807, 2.05) is 0 Å². The summed E-state index contributed by atoms with van der Waals surface area (Å²) in [7, 11) is 0. The summed E-state index contributed by atoms with van der Waals surface area (Å²) in [6, 6.07) is 11.7. The largest absolute Gasteiger partial charge is 0.396 e. The van der Waals surface area contributed by atoms with Gasteiger partial charge in [0, 0.05) is 16.1 Å². The first kappa shape index (κ1) is 11.4. The van der Waals surface area contributed by atoms with Crippen molar-refractivity contribution in [3.63, 3.8) is 0 Å². The average Bonchev–Trinajstić information content (AvgIpc) is 2.34. The molecular formula is C13H8ClFN2. The van der Waals surface area contributed by atoms with Crippen LogP contribution in [-0.2, 0) is 0 Å². The second-order valence-electron chi connectivity index (χ2n) is 3.48. The van der Waals surface area contributed by atoms with E-state index in [-0.39, 0.29) is 11.3 Å². The number of benzene rings is 2. The Kier molecular flexibility index (Phi) is 2.99. The van der Waals surface area contributed by atoms with E-state index in [9.17, 15) is 4.39 Å². The minimum atomic E-state index is -0.704. The van der Waals surface area contributed by atoms with Crippen molar-refractivity contribution < 1.29 is 4.39 Å². The van der Waals surface area contributed by atoms with Crippen molar-refractivity contribution in [2.24, 2.45) is 0 Å². The molecule has 0 spiro atoms. The Hall–Kier alpha value is -2.05. The number of hydrogen-bond acceptors (Lipinski definition) is 2. The fourth-order valence-corrected chi connectivity index (χ4v) is 1.83. The maximum Gasteiger partial charge on any atom is 0.164 e. The maximum absolute atomic E-state index is 13.7. The molecule has 0 atom stereocenters. The lowest BCUT2D eigenvalue weighted by molar-refractivity contribution is 0.629. The molecule has 0 radical (unpaired) electrons. The molecule has 2 aromatic carbocycles. The van der Waals surface area contributed by atoms with E-state index in [2.05, 4.69) is 0 Å². The van der Waals surface area contributed by atoms with Gasteiger partial charge in [-0.2, -0.15) is 5.26 Å². The third-order valence-electron chi connectivity index (χ3n) is 2.46. The van der Waals surface area contributed by atoms with Gasteiger partial charge in [-0.1, -0.05) is 35.9 Å². The zero-order chi connectivity index (χ0) is 12.4. The molecular weight excluding hydrogens is 239 g/mol. The van der Waals surface area contributed by atoms with Gasteiger partial charge in [0.25, 0.3) is 0 Å². The number of nitrogens with zero attached hydrogens (tertiary/aromatic N) is 1. The predicted molar refractivity (Wildman–Crippen MR) is 66.0 cm³/mol. The number of rotatable bonds is 1. The van der Waals surface area contributed by atoms with Gasteiger partial charge in [0.15, 0.2) is 5.82 Å². The van der Waals surface area contributed by atoms with Gasteiger partial charge >= 0.3 is 0 Å². The molecule has 2 N–H and O–H groups in total. The van der Waals surface area contributed by atoms with Gasteiger partial charge in [-0.15, -0.1) is 0 Å². The van der Waals surface area contributed by atoms with Gasteiger partial charge in [-0.3, -0.25) is 0 Å². The molecule has 2 nitrogen and oxygen atoms in total. The minimum Gasteiger partial charge on any atom is -0.396 e. The van der Waals surface area contributed by atoms with Gasteiger partial charge in [0.1, 0.15) is 6.07 Å². The summed E-state index contributed by atoms with van der Waals surface area (Å²) in [6.45, 7) is 0. The Morgan fingerprint density at radius 2 is 1.82 bits per heavy atom. The van der Waals surface area contributed by atoms with E-state index in [1.54, 1.807) is 36.4 Å². The fourth-order valence-electron chi connectivity index (χ4n) is 1.59. The summed E-state index contributed by atoms with van der Waals surface area (Å²) in [6.07, 6.45) is 0. The molecule has 2 aromatic rings. The van der Waals surface area contributed by atoms with Crippen LogP contribution in [0.3, 0.4) is 0 Å². The van der Waals surface area contributed by atoms with Crippen LogP contribution in [0.5, 0.6) is 0 Å². The number of nitriles is 1. The zero-order valence-electron chi connectivity index (χ0n) is 8.74. The number of nitrogens with two attached hydrogens (primary N) is 1. The van der Waals surface area contributed by atoms with Crippen molar-refractivity contribution in [1.82, 2.24) is 0 Å². The molecule has 84 valence electrons. The highest BCUT2D eigenvalue weighted by molar-refractivity contribution is 6.33. The summed E-state index contributed by atoms with van der Waals surface area (Å²) in [5.74, 6) is -0.704. The predicted octanol–water partition coefficient (Wildman–Crippen LogP) is 3.60. The normalized spacial score (nSPS) is 9.94. The first-order valence-corrected chi connectivity index (χ1v) is 5.26. The second-order valence-corrected chi connectivity index (χ2v) is 3.89. The quantitative estimate of drug-likeness (QED) is 0.782. The van der Waals surface area contributed by atoms with Crippen molar-refractivity contribution in [2.75, 3.05) is 5.73 Å². The average molecular weight is 247 g/mol. The molecule has 0 saturated heterocycles. The highest BCUT2D eigenvalue weighted by Crippen LogP contribution is 2.33.